The summed E-state index contributed by atoms with van der Waals surface area (Å²) in [5.74, 6) is 0. The van der Waals surface area contributed by atoms with E-state index in [4.69, 9.17) is 0 Å². The molecule has 0 spiro atoms. The van der Waals surface area contributed by atoms with E-state index in [2.05, 4.69) is 9.62 Å². The molecule has 0 amide bonds. The molecule has 1 rings (SSSR count). The van der Waals surface area contributed by atoms with Crippen LogP contribution in [0.15, 0.2) is 0 Å². The first-order chi connectivity index (χ1) is 4.47. The maximum absolute atomic E-state index is 10.6. The van der Waals surface area contributed by atoms with E-state index in [0.717, 1.165) is 13.1 Å². The Labute approximate surface area is 61.3 Å². The SMILES string of the molecule is CN1CC(NS(C)(=O)=O)C1. The molecule has 4 nitrogen and oxygen atoms in total. The first-order valence-corrected chi connectivity index (χ1v) is 5.02. The van der Waals surface area contributed by atoms with E-state index in [1.165, 1.54) is 6.26 Å². The van der Waals surface area contributed by atoms with E-state index in [-0.39, 0.29) is 6.04 Å². The van der Waals surface area contributed by atoms with Crippen molar-refractivity contribution in [3.63, 3.8) is 0 Å². The summed E-state index contributed by atoms with van der Waals surface area (Å²) in [6.45, 7) is 1.65. The number of rotatable bonds is 2. The van der Waals surface area contributed by atoms with Gasteiger partial charge in [0.15, 0.2) is 0 Å². The first-order valence-electron chi connectivity index (χ1n) is 3.13. The van der Waals surface area contributed by atoms with Crippen molar-refractivity contribution in [3.8, 4) is 0 Å². The van der Waals surface area contributed by atoms with Gasteiger partial charge in [-0.3, -0.25) is 0 Å². The monoisotopic (exact) mass is 164 g/mol. The molecule has 1 saturated heterocycles. The van der Waals surface area contributed by atoms with Crippen molar-refractivity contribution >= 4 is 10.0 Å². The molecule has 0 saturated carbocycles. The van der Waals surface area contributed by atoms with Gasteiger partial charge in [-0.2, -0.15) is 0 Å². The zero-order valence-corrected chi connectivity index (χ0v) is 6.98. The molecule has 0 atom stereocenters. The topological polar surface area (TPSA) is 49.4 Å². The van der Waals surface area contributed by atoms with Crippen molar-refractivity contribution in [2.24, 2.45) is 0 Å². The van der Waals surface area contributed by atoms with Gasteiger partial charge in [0.1, 0.15) is 0 Å². The Balaban J connectivity index is 2.30. The van der Waals surface area contributed by atoms with Crippen LogP contribution in [-0.4, -0.2) is 45.8 Å². The lowest BCUT2D eigenvalue weighted by molar-refractivity contribution is 0.180. The number of hydrogen-bond donors (Lipinski definition) is 1. The second-order valence-electron chi connectivity index (χ2n) is 2.81. The van der Waals surface area contributed by atoms with Gasteiger partial charge in [-0.15, -0.1) is 0 Å². The van der Waals surface area contributed by atoms with Gasteiger partial charge >= 0.3 is 0 Å². The minimum absolute atomic E-state index is 0.139. The minimum atomic E-state index is -2.98. The lowest BCUT2D eigenvalue weighted by Gasteiger charge is -2.35. The molecule has 10 heavy (non-hydrogen) atoms. The molecule has 1 N–H and O–H groups in total. The summed E-state index contributed by atoms with van der Waals surface area (Å²) < 4.78 is 23.7. The predicted molar refractivity (Wildman–Crippen MR) is 39.3 cm³/mol. The van der Waals surface area contributed by atoms with Crippen LogP contribution in [0.5, 0.6) is 0 Å². The minimum Gasteiger partial charge on any atom is -0.303 e. The van der Waals surface area contributed by atoms with Crippen molar-refractivity contribution in [3.05, 3.63) is 0 Å². The van der Waals surface area contributed by atoms with Gasteiger partial charge in [-0.1, -0.05) is 0 Å². The first kappa shape index (κ1) is 7.97. The van der Waals surface area contributed by atoms with Crippen LogP contribution < -0.4 is 4.72 Å². The van der Waals surface area contributed by atoms with Gasteiger partial charge in [-0.25, -0.2) is 13.1 Å². The summed E-state index contributed by atoms with van der Waals surface area (Å²) in [6.07, 6.45) is 1.19. The van der Waals surface area contributed by atoms with Crippen LogP contribution in [0, 0.1) is 0 Å². The van der Waals surface area contributed by atoms with Gasteiger partial charge in [-0.05, 0) is 7.05 Å². The number of likely N-dealkylation sites (N-methyl/N-ethyl adjacent to an activating group) is 1. The summed E-state index contributed by atoms with van der Waals surface area (Å²) in [5, 5.41) is 0. The summed E-state index contributed by atoms with van der Waals surface area (Å²) in [6, 6.07) is 0.139. The lowest BCUT2D eigenvalue weighted by Crippen LogP contribution is -2.57. The normalized spacial score (nSPS) is 22.6. The Morgan fingerprint density at radius 1 is 1.50 bits per heavy atom. The predicted octanol–water partition coefficient (Wildman–Crippen LogP) is -1.15. The molecular weight excluding hydrogens is 152 g/mol. The molecule has 0 unspecified atom stereocenters. The number of nitrogens with zero attached hydrogens (tertiary/aromatic N) is 1. The number of likely N-dealkylation sites (tertiary alicyclic amines) is 1. The van der Waals surface area contributed by atoms with Crippen molar-refractivity contribution in [2.75, 3.05) is 26.4 Å². The van der Waals surface area contributed by atoms with Crippen LogP contribution in [0.1, 0.15) is 0 Å². The molecule has 5 heteroatoms. The molecule has 1 heterocycles. The van der Waals surface area contributed by atoms with Gasteiger partial charge in [0.05, 0.1) is 6.26 Å². The molecule has 0 aromatic heterocycles. The van der Waals surface area contributed by atoms with Crippen molar-refractivity contribution in [1.82, 2.24) is 9.62 Å². The summed E-state index contributed by atoms with van der Waals surface area (Å²) in [5.41, 5.74) is 0. The van der Waals surface area contributed by atoms with E-state index in [9.17, 15) is 8.42 Å². The highest BCUT2D eigenvalue weighted by Crippen LogP contribution is 2.03. The zero-order chi connectivity index (χ0) is 7.78. The highest BCUT2D eigenvalue weighted by Gasteiger charge is 2.25. The molecule has 0 bridgehead atoms. The zero-order valence-electron chi connectivity index (χ0n) is 6.16. The largest absolute Gasteiger partial charge is 0.303 e. The van der Waals surface area contributed by atoms with E-state index in [1.54, 1.807) is 0 Å². The van der Waals surface area contributed by atoms with Gasteiger partial charge in [0.2, 0.25) is 10.0 Å². The molecule has 1 fully saturated rings. The quantitative estimate of drug-likeness (QED) is 0.560. The molecular formula is C5H12N2O2S. The highest BCUT2D eigenvalue weighted by molar-refractivity contribution is 7.88. The third-order valence-corrected chi connectivity index (χ3v) is 2.21. The summed E-state index contributed by atoms with van der Waals surface area (Å²) in [7, 11) is -1.03. The van der Waals surface area contributed by atoms with E-state index >= 15 is 0 Å². The van der Waals surface area contributed by atoms with Crippen molar-refractivity contribution < 1.29 is 8.42 Å². The highest BCUT2D eigenvalue weighted by atomic mass is 32.2. The average molecular weight is 164 g/mol. The Bertz CT molecular complexity index is 206. The van der Waals surface area contributed by atoms with Crippen LogP contribution in [-0.2, 0) is 10.0 Å². The summed E-state index contributed by atoms with van der Waals surface area (Å²) >= 11 is 0. The average Bonchev–Trinajstić information content (AvgIpc) is 1.57. The summed E-state index contributed by atoms with van der Waals surface area (Å²) in [4.78, 5) is 2.06. The number of sulfonamides is 1. The Hall–Kier alpha value is -0.130. The van der Waals surface area contributed by atoms with Crippen LogP contribution in [0.25, 0.3) is 0 Å². The fourth-order valence-corrected chi connectivity index (χ4v) is 1.83. The molecule has 60 valence electrons. The third kappa shape index (κ3) is 2.24. The van der Waals surface area contributed by atoms with Crippen LogP contribution in [0.3, 0.4) is 0 Å². The van der Waals surface area contributed by atoms with Crippen LogP contribution in [0.2, 0.25) is 0 Å². The Kier molecular flexibility index (Phi) is 1.98. The Morgan fingerprint density at radius 2 is 2.00 bits per heavy atom. The second kappa shape index (κ2) is 2.48. The van der Waals surface area contributed by atoms with E-state index in [1.807, 2.05) is 7.05 Å². The van der Waals surface area contributed by atoms with E-state index < -0.39 is 10.0 Å². The van der Waals surface area contributed by atoms with E-state index in [0.29, 0.717) is 0 Å². The standard InChI is InChI=1S/C5H12N2O2S/c1-7-3-5(4-7)6-10(2,8)9/h5-6H,3-4H2,1-2H3. The van der Waals surface area contributed by atoms with Crippen LogP contribution >= 0.6 is 0 Å². The molecule has 0 aromatic carbocycles. The fourth-order valence-electron chi connectivity index (χ4n) is 1.08. The van der Waals surface area contributed by atoms with Gasteiger partial charge in [0.25, 0.3) is 0 Å². The second-order valence-corrected chi connectivity index (χ2v) is 4.59. The van der Waals surface area contributed by atoms with Gasteiger partial charge in [0, 0.05) is 19.1 Å². The molecule has 1 aliphatic heterocycles. The van der Waals surface area contributed by atoms with Crippen molar-refractivity contribution in [1.29, 1.82) is 0 Å². The third-order valence-electron chi connectivity index (χ3n) is 1.44. The van der Waals surface area contributed by atoms with Crippen molar-refractivity contribution in [2.45, 2.75) is 6.04 Å². The molecule has 0 radical (unpaired) electrons. The fraction of sp³-hybridized carbons (Fsp3) is 1.00. The number of hydrogen-bond acceptors (Lipinski definition) is 3. The molecule has 0 aliphatic carbocycles. The smallest absolute Gasteiger partial charge is 0.209 e. The molecule has 1 aliphatic rings. The lowest BCUT2D eigenvalue weighted by atomic mass is 10.2. The maximum atomic E-state index is 10.6. The number of nitrogens with one attached hydrogen (secondary N) is 1. The van der Waals surface area contributed by atoms with Crippen LogP contribution in [0.4, 0.5) is 0 Å². The maximum Gasteiger partial charge on any atom is 0.209 e. The molecule has 0 aromatic rings. The Morgan fingerprint density at radius 3 is 2.30 bits per heavy atom. The van der Waals surface area contributed by atoms with Gasteiger partial charge < -0.3 is 4.90 Å².